The number of allylic oxidation sites excluding steroid dienone is 2. The van der Waals surface area contributed by atoms with Crippen molar-refractivity contribution in [2.45, 2.75) is 25.9 Å². The highest BCUT2D eigenvalue weighted by atomic mass is 15.1. The normalized spacial score (nSPS) is 18.1. The fourth-order valence-corrected chi connectivity index (χ4v) is 3.71. The number of aromatic nitrogens is 1. The number of hydrogen-bond donors (Lipinski definition) is 1. The molecule has 0 spiro atoms. The van der Waals surface area contributed by atoms with E-state index in [1.807, 2.05) is 0 Å². The lowest BCUT2D eigenvalue weighted by molar-refractivity contribution is 0.309. The van der Waals surface area contributed by atoms with Gasteiger partial charge in [0.25, 0.3) is 0 Å². The molecule has 3 heteroatoms. The molecule has 3 nitrogen and oxygen atoms in total. The molecule has 114 valence electrons. The van der Waals surface area contributed by atoms with E-state index in [1.165, 1.54) is 16.5 Å². The zero-order valence-electron chi connectivity index (χ0n) is 13.2. The van der Waals surface area contributed by atoms with E-state index in [4.69, 9.17) is 0 Å². The molecule has 0 aliphatic carbocycles. The quantitative estimate of drug-likeness (QED) is 0.938. The second-order valence-electron chi connectivity index (χ2n) is 6.35. The van der Waals surface area contributed by atoms with E-state index in [-0.39, 0.29) is 0 Å². The van der Waals surface area contributed by atoms with E-state index in [2.05, 4.69) is 64.4 Å². The van der Waals surface area contributed by atoms with Gasteiger partial charge in [0.2, 0.25) is 0 Å². The summed E-state index contributed by atoms with van der Waals surface area (Å²) >= 11 is 0. The summed E-state index contributed by atoms with van der Waals surface area (Å²) in [5.41, 5.74) is 5.94. The molecule has 0 saturated heterocycles. The Hall–Kier alpha value is -2.00. The summed E-state index contributed by atoms with van der Waals surface area (Å²) in [4.78, 5) is 2.43. The average Bonchev–Trinajstić information content (AvgIpc) is 2.87. The number of nitrogens with one attached hydrogen (secondary N) is 1. The highest BCUT2D eigenvalue weighted by molar-refractivity contribution is 5.85. The van der Waals surface area contributed by atoms with Gasteiger partial charge in [0.1, 0.15) is 0 Å². The monoisotopic (exact) mass is 293 g/mol. The molecule has 0 saturated carbocycles. The van der Waals surface area contributed by atoms with Gasteiger partial charge in [-0.3, -0.25) is 0 Å². The molecule has 0 unspecified atom stereocenters. The molecular weight excluding hydrogens is 270 g/mol. The van der Waals surface area contributed by atoms with Crippen molar-refractivity contribution in [2.24, 2.45) is 0 Å². The largest absolute Gasteiger partial charge is 0.387 e. The van der Waals surface area contributed by atoms with Crippen LogP contribution in [-0.4, -0.2) is 29.6 Å². The molecular formula is C19H23N3. The van der Waals surface area contributed by atoms with Crippen LogP contribution in [0.15, 0.2) is 48.2 Å². The maximum absolute atomic E-state index is 3.22. The van der Waals surface area contributed by atoms with Crippen molar-refractivity contribution in [1.82, 2.24) is 14.8 Å². The molecule has 0 bridgehead atoms. The Bertz CT molecular complexity index is 751. The van der Waals surface area contributed by atoms with Crippen LogP contribution in [0.4, 0.5) is 0 Å². The SMILES string of the molecule is CN1CCc2c(c3ccccc3n2CCC2=CCNC=C2)C1. The first-order valence-corrected chi connectivity index (χ1v) is 8.19. The highest BCUT2D eigenvalue weighted by Crippen LogP contribution is 2.31. The van der Waals surface area contributed by atoms with Crippen molar-refractivity contribution in [3.8, 4) is 0 Å². The van der Waals surface area contributed by atoms with Gasteiger partial charge >= 0.3 is 0 Å². The Morgan fingerprint density at radius 2 is 2.14 bits per heavy atom. The predicted molar refractivity (Wildman–Crippen MR) is 91.8 cm³/mol. The third-order valence-corrected chi connectivity index (χ3v) is 4.87. The van der Waals surface area contributed by atoms with E-state index < -0.39 is 0 Å². The molecule has 2 aliphatic rings. The molecule has 1 N–H and O–H groups in total. The van der Waals surface area contributed by atoms with Crippen molar-refractivity contribution in [1.29, 1.82) is 0 Å². The maximum Gasteiger partial charge on any atom is 0.0486 e. The minimum Gasteiger partial charge on any atom is -0.387 e. The van der Waals surface area contributed by atoms with Crippen LogP contribution in [0.25, 0.3) is 10.9 Å². The third-order valence-electron chi connectivity index (χ3n) is 4.87. The highest BCUT2D eigenvalue weighted by Gasteiger charge is 2.21. The average molecular weight is 293 g/mol. The van der Waals surface area contributed by atoms with Crippen LogP contribution < -0.4 is 5.32 Å². The molecule has 1 aromatic carbocycles. The molecule has 4 rings (SSSR count). The number of nitrogens with zero attached hydrogens (tertiary/aromatic N) is 2. The first-order valence-electron chi connectivity index (χ1n) is 8.19. The molecule has 0 radical (unpaired) electrons. The fraction of sp³-hybridized carbons (Fsp3) is 0.368. The molecule has 2 aromatic rings. The van der Waals surface area contributed by atoms with E-state index in [9.17, 15) is 0 Å². The first kappa shape index (κ1) is 13.6. The Morgan fingerprint density at radius 3 is 3.00 bits per heavy atom. The maximum atomic E-state index is 3.22. The lowest BCUT2D eigenvalue weighted by Crippen LogP contribution is -2.27. The van der Waals surface area contributed by atoms with E-state index in [0.717, 1.165) is 39.0 Å². The molecule has 0 amide bonds. The second-order valence-corrected chi connectivity index (χ2v) is 6.35. The second kappa shape index (κ2) is 5.65. The Balaban J connectivity index is 1.70. The van der Waals surface area contributed by atoms with Gasteiger partial charge in [0.05, 0.1) is 0 Å². The Kier molecular flexibility index (Phi) is 3.51. The van der Waals surface area contributed by atoms with Crippen molar-refractivity contribution >= 4 is 10.9 Å². The molecule has 2 aliphatic heterocycles. The van der Waals surface area contributed by atoms with Gasteiger partial charge in [0.15, 0.2) is 0 Å². The van der Waals surface area contributed by atoms with Gasteiger partial charge < -0.3 is 14.8 Å². The lowest BCUT2D eigenvalue weighted by atomic mass is 10.1. The van der Waals surface area contributed by atoms with E-state index in [1.54, 1.807) is 11.3 Å². The van der Waals surface area contributed by atoms with Crippen molar-refractivity contribution in [3.63, 3.8) is 0 Å². The van der Waals surface area contributed by atoms with Crippen LogP contribution in [0.1, 0.15) is 17.7 Å². The number of aryl methyl sites for hydroxylation is 1. The van der Waals surface area contributed by atoms with Crippen LogP contribution in [0, 0.1) is 0 Å². The molecule has 22 heavy (non-hydrogen) atoms. The van der Waals surface area contributed by atoms with Crippen molar-refractivity contribution in [3.05, 3.63) is 59.4 Å². The summed E-state index contributed by atoms with van der Waals surface area (Å²) in [6, 6.07) is 8.89. The zero-order chi connectivity index (χ0) is 14.9. The summed E-state index contributed by atoms with van der Waals surface area (Å²) in [5.74, 6) is 0. The summed E-state index contributed by atoms with van der Waals surface area (Å²) < 4.78 is 2.56. The molecule has 0 fully saturated rings. The Morgan fingerprint density at radius 1 is 1.23 bits per heavy atom. The van der Waals surface area contributed by atoms with Crippen molar-refractivity contribution in [2.75, 3.05) is 20.1 Å². The minimum atomic E-state index is 0.959. The smallest absolute Gasteiger partial charge is 0.0486 e. The van der Waals surface area contributed by atoms with Crippen LogP contribution >= 0.6 is 0 Å². The summed E-state index contributed by atoms with van der Waals surface area (Å²) in [6.07, 6.45) is 8.84. The van der Waals surface area contributed by atoms with Gasteiger partial charge in [0, 0.05) is 49.2 Å². The van der Waals surface area contributed by atoms with Gasteiger partial charge in [-0.1, -0.05) is 24.3 Å². The Labute approximate surface area is 131 Å². The van der Waals surface area contributed by atoms with Gasteiger partial charge in [-0.15, -0.1) is 0 Å². The molecule has 1 aromatic heterocycles. The topological polar surface area (TPSA) is 20.2 Å². The number of para-hydroxylation sites is 1. The van der Waals surface area contributed by atoms with Crippen molar-refractivity contribution < 1.29 is 0 Å². The number of fused-ring (bicyclic) bond motifs is 3. The van der Waals surface area contributed by atoms with Crippen LogP contribution in [0.5, 0.6) is 0 Å². The number of dihydropyridines is 1. The van der Waals surface area contributed by atoms with E-state index in [0.29, 0.717) is 0 Å². The summed E-state index contributed by atoms with van der Waals surface area (Å²) in [7, 11) is 2.22. The number of likely N-dealkylation sites (N-methyl/N-ethyl adjacent to an activating group) is 1. The number of hydrogen-bond acceptors (Lipinski definition) is 2. The van der Waals surface area contributed by atoms with Gasteiger partial charge in [-0.2, -0.15) is 0 Å². The predicted octanol–water partition coefficient (Wildman–Crippen LogP) is 3.06. The summed E-state index contributed by atoms with van der Waals surface area (Å²) in [6.45, 7) is 4.28. The number of benzene rings is 1. The first-order chi connectivity index (χ1) is 10.8. The lowest BCUT2D eigenvalue weighted by Gasteiger charge is -2.24. The van der Waals surface area contributed by atoms with Crippen LogP contribution in [-0.2, 0) is 19.5 Å². The molecule has 3 heterocycles. The third kappa shape index (κ3) is 2.35. The zero-order valence-corrected chi connectivity index (χ0v) is 13.2. The standard InChI is InChI=1S/C19H23N3/c1-21-12-9-19-17(14-21)16-4-2-3-5-18(16)22(19)13-8-15-6-10-20-11-7-15/h2-7,10,20H,8-9,11-14H2,1H3. The summed E-state index contributed by atoms with van der Waals surface area (Å²) in [5, 5.41) is 4.67. The van der Waals surface area contributed by atoms with Gasteiger partial charge in [-0.25, -0.2) is 0 Å². The minimum absolute atomic E-state index is 0.959. The fourth-order valence-electron chi connectivity index (χ4n) is 3.71. The van der Waals surface area contributed by atoms with Crippen LogP contribution in [0.2, 0.25) is 0 Å². The number of rotatable bonds is 3. The van der Waals surface area contributed by atoms with Gasteiger partial charge in [-0.05, 0) is 42.9 Å². The molecule has 0 atom stereocenters. The van der Waals surface area contributed by atoms with Crippen LogP contribution in [0.3, 0.4) is 0 Å². The van der Waals surface area contributed by atoms with E-state index >= 15 is 0 Å².